The normalized spacial score (nSPS) is 13.7. The van der Waals surface area contributed by atoms with Crippen LogP contribution in [-0.4, -0.2) is 0 Å². The summed E-state index contributed by atoms with van der Waals surface area (Å²) in [6.45, 7) is 2.25. The van der Waals surface area contributed by atoms with E-state index < -0.39 is 5.41 Å². The van der Waals surface area contributed by atoms with Crippen molar-refractivity contribution in [1.82, 2.24) is 0 Å². The first-order valence-electron chi connectivity index (χ1n) is 19.7. The van der Waals surface area contributed by atoms with Crippen molar-refractivity contribution >= 4 is 51.0 Å². The minimum atomic E-state index is -0.431. The van der Waals surface area contributed by atoms with Crippen molar-refractivity contribution in [2.75, 3.05) is 10.2 Å². The van der Waals surface area contributed by atoms with Gasteiger partial charge in [-0.1, -0.05) is 169 Å². The zero-order valence-corrected chi connectivity index (χ0v) is 32.1. The van der Waals surface area contributed by atoms with Gasteiger partial charge in [0.2, 0.25) is 0 Å². The molecule has 0 aromatic heterocycles. The Bertz CT molecular complexity index is 3050. The van der Waals surface area contributed by atoms with Crippen LogP contribution in [0.15, 0.2) is 204 Å². The predicted octanol–water partition coefficient (Wildman–Crippen LogP) is 14.8. The summed E-state index contributed by atoms with van der Waals surface area (Å²) >= 11 is 1.91. The molecule has 2 nitrogen and oxygen atoms in total. The van der Waals surface area contributed by atoms with Gasteiger partial charge in [-0.15, -0.1) is 0 Å². The van der Waals surface area contributed by atoms with E-state index in [0.29, 0.717) is 0 Å². The highest BCUT2D eigenvalue weighted by Crippen LogP contribution is 2.67. The van der Waals surface area contributed by atoms with Crippen molar-refractivity contribution in [2.24, 2.45) is 0 Å². The molecule has 3 heteroatoms. The van der Waals surface area contributed by atoms with Crippen molar-refractivity contribution in [3.63, 3.8) is 0 Å². The molecule has 9 aromatic rings. The summed E-state index contributed by atoms with van der Waals surface area (Å²) in [6, 6.07) is 71.7. The van der Waals surface area contributed by atoms with E-state index in [1.54, 1.807) is 0 Å². The van der Waals surface area contributed by atoms with Crippen LogP contribution < -0.4 is 10.2 Å². The lowest BCUT2D eigenvalue weighted by Crippen LogP contribution is -2.37. The number of benzene rings is 9. The van der Waals surface area contributed by atoms with Gasteiger partial charge in [0.25, 0.3) is 0 Å². The number of nitrogens with zero attached hydrogens (tertiary/aromatic N) is 1. The molecule has 9 aromatic carbocycles. The third kappa shape index (κ3) is 4.61. The monoisotopic (exact) mass is 744 g/mol. The van der Waals surface area contributed by atoms with Gasteiger partial charge in [-0.25, -0.2) is 0 Å². The Balaban J connectivity index is 1.08. The van der Waals surface area contributed by atoms with E-state index in [-0.39, 0.29) is 0 Å². The Morgan fingerprint density at radius 3 is 1.93 bits per heavy atom. The van der Waals surface area contributed by atoms with Crippen LogP contribution in [0.1, 0.15) is 27.8 Å². The fraction of sp³-hybridized carbons (Fsp3) is 0.0370. The molecule has 57 heavy (non-hydrogen) atoms. The zero-order valence-electron chi connectivity index (χ0n) is 31.3. The van der Waals surface area contributed by atoms with Crippen molar-refractivity contribution < 1.29 is 0 Å². The molecule has 0 saturated heterocycles. The average Bonchev–Trinajstić information content (AvgIpc) is 3.56. The number of aryl methyl sites for hydroxylation is 1. The van der Waals surface area contributed by atoms with Crippen LogP contribution >= 0.6 is 11.8 Å². The molecule has 0 atom stereocenters. The molecule has 1 N–H and O–H groups in total. The van der Waals surface area contributed by atoms with Gasteiger partial charge in [0.15, 0.2) is 0 Å². The van der Waals surface area contributed by atoms with Crippen LogP contribution in [0.25, 0.3) is 44.2 Å². The number of hydrogen-bond acceptors (Lipinski definition) is 3. The number of rotatable bonds is 4. The second kappa shape index (κ2) is 12.3. The van der Waals surface area contributed by atoms with Gasteiger partial charge in [0.05, 0.1) is 22.5 Å². The fourth-order valence-electron chi connectivity index (χ4n) is 9.98. The highest BCUT2D eigenvalue weighted by molar-refractivity contribution is 8.00. The maximum Gasteiger partial charge on any atom is 0.0754 e. The third-order valence-electron chi connectivity index (χ3n) is 12.3. The van der Waals surface area contributed by atoms with Crippen molar-refractivity contribution in [3.8, 4) is 33.4 Å². The minimum absolute atomic E-state index is 0.431. The first kappa shape index (κ1) is 32.4. The van der Waals surface area contributed by atoms with E-state index in [9.17, 15) is 0 Å². The highest BCUT2D eigenvalue weighted by Gasteiger charge is 2.53. The van der Waals surface area contributed by atoms with E-state index in [1.807, 2.05) is 11.8 Å². The van der Waals surface area contributed by atoms with Crippen molar-refractivity contribution in [2.45, 2.75) is 22.1 Å². The topological polar surface area (TPSA) is 15.3 Å². The lowest BCUT2D eigenvalue weighted by molar-refractivity contribution is 0.746. The highest BCUT2D eigenvalue weighted by atomic mass is 32.2. The maximum absolute atomic E-state index is 3.88. The van der Waals surface area contributed by atoms with Gasteiger partial charge in [-0.2, -0.15) is 0 Å². The molecular weight excluding hydrogens is 709 g/mol. The maximum atomic E-state index is 3.88. The Morgan fingerprint density at radius 2 is 1.14 bits per heavy atom. The Hall–Kier alpha value is -6.81. The largest absolute Gasteiger partial charge is 0.355 e. The van der Waals surface area contributed by atoms with Crippen LogP contribution in [0.3, 0.4) is 0 Å². The minimum Gasteiger partial charge on any atom is -0.355 e. The van der Waals surface area contributed by atoms with E-state index in [2.05, 4.69) is 211 Å². The first-order chi connectivity index (χ1) is 28.2. The molecule has 12 rings (SSSR count). The number of nitrogens with one attached hydrogen (secondary N) is 1. The van der Waals surface area contributed by atoms with Crippen molar-refractivity contribution in [3.05, 3.63) is 222 Å². The summed E-state index contributed by atoms with van der Waals surface area (Å²) in [6.07, 6.45) is 0. The molecule has 0 saturated carbocycles. The molecule has 0 radical (unpaired) electrons. The summed E-state index contributed by atoms with van der Waals surface area (Å²) in [5.74, 6) is 0. The number of para-hydroxylation sites is 2. The molecule has 0 unspecified atom stereocenters. The second-order valence-electron chi connectivity index (χ2n) is 15.4. The van der Waals surface area contributed by atoms with Crippen LogP contribution in [0, 0.1) is 6.92 Å². The summed E-state index contributed by atoms with van der Waals surface area (Å²) in [5, 5.41) is 6.33. The summed E-state index contributed by atoms with van der Waals surface area (Å²) in [5.41, 5.74) is 19.6. The number of fused-ring (bicyclic) bond motifs is 12. The van der Waals surface area contributed by atoms with Gasteiger partial charge < -0.3 is 10.2 Å². The average molecular weight is 745 g/mol. The van der Waals surface area contributed by atoms with Gasteiger partial charge in [-0.05, 0) is 104 Å². The van der Waals surface area contributed by atoms with Crippen LogP contribution in [-0.2, 0) is 5.41 Å². The molecule has 2 heterocycles. The molecule has 268 valence electrons. The van der Waals surface area contributed by atoms with Gasteiger partial charge >= 0.3 is 0 Å². The standard InChI is InChI=1S/C54H36N2S/c1-34-32-42(51-39-17-6-5-16-37(39)28-31-47(51)55-38-29-26-36(27-30-38)35-14-3-2-4-15-35)53-49(33-34)56-48-24-12-11-22-45(48)54(46-23-13-25-50(57-53)52(46)56)43-20-9-7-18-40(43)41-19-8-10-21-44(41)54/h2-33,55H,1H3. The predicted molar refractivity (Wildman–Crippen MR) is 239 cm³/mol. The molecule has 2 aliphatic heterocycles. The lowest BCUT2D eigenvalue weighted by atomic mass is 9.64. The molecule has 0 bridgehead atoms. The van der Waals surface area contributed by atoms with Crippen LogP contribution in [0.5, 0.6) is 0 Å². The zero-order chi connectivity index (χ0) is 37.7. The smallest absolute Gasteiger partial charge is 0.0754 e. The Morgan fingerprint density at radius 1 is 0.491 bits per heavy atom. The third-order valence-corrected chi connectivity index (χ3v) is 13.4. The lowest BCUT2D eigenvalue weighted by Gasteiger charge is -2.47. The molecule has 0 amide bonds. The second-order valence-corrected chi connectivity index (χ2v) is 16.4. The molecule has 3 aliphatic rings. The van der Waals surface area contributed by atoms with Crippen molar-refractivity contribution in [1.29, 1.82) is 0 Å². The number of hydrogen-bond donors (Lipinski definition) is 1. The molecular formula is C54H36N2S. The first-order valence-corrected chi connectivity index (χ1v) is 20.5. The Kier molecular flexibility index (Phi) is 7.03. The fourth-order valence-corrected chi connectivity index (χ4v) is 11.2. The molecule has 1 spiro atoms. The SMILES string of the molecule is Cc1cc(-c2c(Nc3ccc(-c4ccccc4)cc3)ccc3ccccc23)c2c(c1)N1c3ccccc3C3(c4ccccc4-c4ccccc43)c3cccc(c31)S2. The van der Waals surface area contributed by atoms with E-state index in [0.717, 1.165) is 11.4 Å². The molecule has 0 fully saturated rings. The Labute approximate surface area is 337 Å². The molecule has 1 aliphatic carbocycles. The van der Waals surface area contributed by atoms with Gasteiger partial charge in [0, 0.05) is 32.3 Å². The summed E-state index contributed by atoms with van der Waals surface area (Å²) in [4.78, 5) is 5.12. The van der Waals surface area contributed by atoms with Gasteiger partial charge in [0.1, 0.15) is 0 Å². The van der Waals surface area contributed by atoms with E-state index in [4.69, 9.17) is 0 Å². The van der Waals surface area contributed by atoms with E-state index >= 15 is 0 Å². The van der Waals surface area contributed by atoms with Gasteiger partial charge in [-0.3, -0.25) is 0 Å². The van der Waals surface area contributed by atoms with Crippen LogP contribution in [0.2, 0.25) is 0 Å². The van der Waals surface area contributed by atoms with Crippen LogP contribution in [0.4, 0.5) is 28.4 Å². The summed E-state index contributed by atoms with van der Waals surface area (Å²) in [7, 11) is 0. The van der Waals surface area contributed by atoms with E-state index in [1.165, 1.54) is 98.8 Å². The summed E-state index contributed by atoms with van der Waals surface area (Å²) < 4.78 is 0. The number of anilines is 5. The quantitative estimate of drug-likeness (QED) is 0.193.